The number of esters is 1. The van der Waals surface area contributed by atoms with Crippen LogP contribution in [-0.4, -0.2) is 117 Å². The molecule has 2 amide bonds. The van der Waals surface area contributed by atoms with Gasteiger partial charge in [-0.25, -0.2) is 0 Å². The topological polar surface area (TPSA) is 215 Å². The van der Waals surface area contributed by atoms with Gasteiger partial charge in [0.1, 0.15) is 18.8 Å². The number of amides is 2. The summed E-state index contributed by atoms with van der Waals surface area (Å²) in [5.41, 5.74) is -1.01. The summed E-state index contributed by atoms with van der Waals surface area (Å²) in [7, 11) is 2.64. The Morgan fingerprint density at radius 1 is 1.12 bits per heavy atom. The summed E-state index contributed by atoms with van der Waals surface area (Å²) in [6.07, 6.45) is -1.41. The lowest BCUT2D eigenvalue weighted by molar-refractivity contribution is -0.385. The number of benzene rings is 1. The molecule has 1 fully saturated rings. The number of nitro benzene ring substituents is 1. The molecule has 2 rings (SSSR count). The fourth-order valence-electron chi connectivity index (χ4n) is 4.85. The monoisotopic (exact) mass is 714 g/mol. The number of aliphatic hydroxyl groups excluding tert-OH is 1. The summed E-state index contributed by atoms with van der Waals surface area (Å²) in [6, 6.07) is 2.69. The van der Waals surface area contributed by atoms with Gasteiger partial charge < -0.3 is 54.2 Å². The highest BCUT2D eigenvalue weighted by atomic mass is 16.7. The van der Waals surface area contributed by atoms with Crippen LogP contribution in [0.5, 0.6) is 11.5 Å². The molecular formula is C33H54N4O13. The summed E-state index contributed by atoms with van der Waals surface area (Å²) in [5.74, 6) is -0.751. The van der Waals surface area contributed by atoms with Gasteiger partial charge in [-0.15, -0.1) is 0 Å². The van der Waals surface area contributed by atoms with E-state index in [1.807, 2.05) is 41.5 Å². The lowest BCUT2D eigenvalue weighted by Crippen LogP contribution is -2.64. The summed E-state index contributed by atoms with van der Waals surface area (Å²) >= 11 is 0. The lowest BCUT2D eigenvalue weighted by Gasteiger charge is -2.49. The highest BCUT2D eigenvalue weighted by molar-refractivity contribution is 5.77. The molecule has 1 aromatic rings. The van der Waals surface area contributed by atoms with E-state index in [-0.39, 0.29) is 81.4 Å². The van der Waals surface area contributed by atoms with Crippen molar-refractivity contribution in [3.05, 3.63) is 27.8 Å². The average molecular weight is 715 g/mol. The summed E-state index contributed by atoms with van der Waals surface area (Å²) < 4.78 is 38.8. The van der Waals surface area contributed by atoms with Crippen molar-refractivity contribution in [2.75, 3.05) is 53.7 Å². The number of carbonyl (C=O) groups excluding carboxylic acids is 3. The molecule has 1 aliphatic rings. The number of hydrogen-bond acceptors (Lipinski definition) is 14. The van der Waals surface area contributed by atoms with Crippen LogP contribution >= 0.6 is 0 Å². The van der Waals surface area contributed by atoms with E-state index in [1.165, 1.54) is 26.4 Å². The number of hydrogen-bond donors (Lipinski definition) is 4. The molecule has 4 atom stereocenters. The van der Waals surface area contributed by atoms with Gasteiger partial charge in [0.15, 0.2) is 17.8 Å². The van der Waals surface area contributed by atoms with Crippen molar-refractivity contribution in [3.63, 3.8) is 0 Å². The molecule has 4 N–H and O–H groups in total. The maximum Gasteiger partial charge on any atom is 0.319 e. The molecule has 17 heteroatoms. The highest BCUT2D eigenvalue weighted by Gasteiger charge is 2.51. The fourth-order valence-corrected chi connectivity index (χ4v) is 4.85. The Balaban J connectivity index is 1.73. The van der Waals surface area contributed by atoms with Gasteiger partial charge in [0.25, 0.3) is 5.69 Å². The largest absolute Gasteiger partial charge is 0.493 e. The molecule has 0 spiro atoms. The SMILES string of the molecule is CCC(C)(C)OC(C)C(COCC(=O)NCCNC(=O)CCCOc1cc([N+](=O)[O-])c(CNCC(=O)OC)cc1OC)OC1C(O)OC1(C)C. The molecule has 1 aliphatic heterocycles. The molecule has 50 heavy (non-hydrogen) atoms. The predicted octanol–water partition coefficient (Wildman–Crippen LogP) is 1.75. The van der Waals surface area contributed by atoms with E-state index < -0.39 is 46.7 Å². The predicted molar refractivity (Wildman–Crippen MR) is 180 cm³/mol. The number of carbonyl (C=O) groups is 3. The van der Waals surface area contributed by atoms with Crippen molar-refractivity contribution < 1.29 is 57.6 Å². The minimum absolute atomic E-state index is 0.0263. The van der Waals surface area contributed by atoms with E-state index in [0.717, 1.165) is 6.42 Å². The zero-order chi connectivity index (χ0) is 37.5. The van der Waals surface area contributed by atoms with Gasteiger partial charge in [-0.2, -0.15) is 0 Å². The number of methoxy groups -OCH3 is 2. The molecule has 1 heterocycles. The van der Waals surface area contributed by atoms with Crippen LogP contribution in [0, 0.1) is 10.1 Å². The van der Waals surface area contributed by atoms with E-state index in [1.54, 1.807) is 0 Å². The van der Waals surface area contributed by atoms with E-state index in [0.29, 0.717) is 12.0 Å². The van der Waals surface area contributed by atoms with E-state index in [4.69, 9.17) is 28.4 Å². The van der Waals surface area contributed by atoms with Crippen molar-refractivity contribution in [1.82, 2.24) is 16.0 Å². The number of aliphatic hydroxyl groups is 1. The van der Waals surface area contributed by atoms with Crippen LogP contribution < -0.4 is 25.4 Å². The Morgan fingerprint density at radius 2 is 1.80 bits per heavy atom. The molecule has 0 bridgehead atoms. The second kappa shape index (κ2) is 20.3. The third-order valence-electron chi connectivity index (χ3n) is 8.03. The summed E-state index contributed by atoms with van der Waals surface area (Å²) in [5, 5.41) is 29.9. The van der Waals surface area contributed by atoms with Gasteiger partial charge in [0.05, 0.1) is 62.3 Å². The maximum absolute atomic E-state index is 12.4. The summed E-state index contributed by atoms with van der Waals surface area (Å²) in [6.45, 7) is 11.6. The molecule has 284 valence electrons. The Labute approximate surface area is 293 Å². The van der Waals surface area contributed by atoms with Crippen molar-refractivity contribution in [2.45, 2.75) is 103 Å². The number of nitro groups is 1. The third-order valence-corrected chi connectivity index (χ3v) is 8.03. The van der Waals surface area contributed by atoms with E-state index in [2.05, 4.69) is 20.7 Å². The zero-order valence-electron chi connectivity index (χ0n) is 30.3. The first-order chi connectivity index (χ1) is 23.5. The molecular weight excluding hydrogens is 660 g/mol. The summed E-state index contributed by atoms with van der Waals surface area (Å²) in [4.78, 5) is 47.0. The minimum atomic E-state index is -1.06. The van der Waals surface area contributed by atoms with Gasteiger partial charge in [-0.3, -0.25) is 24.5 Å². The zero-order valence-corrected chi connectivity index (χ0v) is 30.3. The Bertz CT molecular complexity index is 1280. The Morgan fingerprint density at radius 3 is 2.38 bits per heavy atom. The van der Waals surface area contributed by atoms with Crippen LogP contribution in [0.1, 0.15) is 66.4 Å². The van der Waals surface area contributed by atoms with Crippen LogP contribution in [0.4, 0.5) is 5.69 Å². The van der Waals surface area contributed by atoms with Crippen LogP contribution in [0.25, 0.3) is 0 Å². The molecule has 17 nitrogen and oxygen atoms in total. The molecule has 0 radical (unpaired) electrons. The second-order valence-electron chi connectivity index (χ2n) is 12.9. The number of rotatable bonds is 24. The quantitative estimate of drug-likeness (QED) is 0.0520. The van der Waals surface area contributed by atoms with Gasteiger partial charge in [0, 0.05) is 31.6 Å². The normalized spacial score (nSPS) is 17.9. The molecule has 4 unspecified atom stereocenters. The van der Waals surface area contributed by atoms with Gasteiger partial charge in [-0.1, -0.05) is 6.92 Å². The molecule has 0 aliphatic carbocycles. The number of nitrogens with one attached hydrogen (secondary N) is 3. The number of nitrogens with zero attached hydrogens (tertiary/aromatic N) is 1. The first-order valence-electron chi connectivity index (χ1n) is 16.6. The Hall–Kier alpha value is -3.61. The van der Waals surface area contributed by atoms with Gasteiger partial charge in [0.2, 0.25) is 11.8 Å². The minimum Gasteiger partial charge on any atom is -0.493 e. The molecule has 1 saturated heterocycles. The number of ether oxygens (including phenoxy) is 7. The van der Waals surface area contributed by atoms with Crippen molar-refractivity contribution in [2.24, 2.45) is 0 Å². The molecule has 0 aromatic heterocycles. The third kappa shape index (κ3) is 14.0. The fraction of sp³-hybridized carbons (Fsp3) is 0.727. The van der Waals surface area contributed by atoms with Gasteiger partial charge in [-0.05, 0) is 53.5 Å². The standard InChI is InChI=1S/C33H54N4O13/c1-9-32(3,4)49-21(2)26(48-30-31(41)50-33(30,5)6)19-46-20-28(39)36-13-12-35-27(38)11-10-14-47-25-16-23(37(42)43)22(15-24(25)44-7)17-34-18-29(40)45-8/h15-16,21,26,30-31,34,41H,9-14,17-20H2,1-8H3,(H,35,38)(H,36,39). The van der Waals surface area contributed by atoms with Crippen molar-refractivity contribution in [3.8, 4) is 11.5 Å². The van der Waals surface area contributed by atoms with Crippen LogP contribution in [0.15, 0.2) is 12.1 Å². The Kier molecular flexibility index (Phi) is 17.3. The van der Waals surface area contributed by atoms with Crippen LogP contribution in [-0.2, 0) is 44.6 Å². The first kappa shape index (κ1) is 42.6. The second-order valence-corrected chi connectivity index (χ2v) is 12.9. The molecule has 1 aromatic carbocycles. The maximum atomic E-state index is 12.4. The highest BCUT2D eigenvalue weighted by Crippen LogP contribution is 2.36. The van der Waals surface area contributed by atoms with Gasteiger partial charge >= 0.3 is 5.97 Å². The first-order valence-corrected chi connectivity index (χ1v) is 16.6. The molecule has 0 saturated carbocycles. The van der Waals surface area contributed by atoms with Crippen LogP contribution in [0.3, 0.4) is 0 Å². The smallest absolute Gasteiger partial charge is 0.319 e. The van der Waals surface area contributed by atoms with Crippen molar-refractivity contribution >= 4 is 23.5 Å². The van der Waals surface area contributed by atoms with Crippen LogP contribution in [0.2, 0.25) is 0 Å². The van der Waals surface area contributed by atoms with E-state index >= 15 is 0 Å². The van der Waals surface area contributed by atoms with E-state index in [9.17, 15) is 29.6 Å². The lowest BCUT2D eigenvalue weighted by atomic mass is 9.94. The van der Waals surface area contributed by atoms with Crippen molar-refractivity contribution in [1.29, 1.82) is 0 Å². The average Bonchev–Trinajstić information content (AvgIpc) is 3.05.